The number of aromatic nitrogens is 3. The highest BCUT2D eigenvalue weighted by Gasteiger charge is 2.27. The standard InChI is InChI=1S/C20H19FN4O/c1-13(14-9-11-22-12-10-14)23-20(26)19-17-3-2-4-18(17)25(24-19)16-7-5-15(21)6-8-16/h5-13H,2-4H2,1H3,(H,23,26). The smallest absolute Gasteiger partial charge is 0.272 e. The minimum absolute atomic E-state index is 0.140. The van der Waals surface area contributed by atoms with Gasteiger partial charge in [-0.2, -0.15) is 5.10 Å². The fraction of sp³-hybridized carbons (Fsp3) is 0.250. The minimum atomic E-state index is -0.290. The van der Waals surface area contributed by atoms with E-state index in [4.69, 9.17) is 0 Å². The van der Waals surface area contributed by atoms with E-state index in [1.807, 2.05) is 19.1 Å². The molecule has 1 amide bonds. The van der Waals surface area contributed by atoms with Crippen LogP contribution in [-0.2, 0) is 12.8 Å². The third kappa shape index (κ3) is 2.98. The number of benzene rings is 1. The van der Waals surface area contributed by atoms with Gasteiger partial charge in [0.1, 0.15) is 5.82 Å². The van der Waals surface area contributed by atoms with Crippen LogP contribution in [0.3, 0.4) is 0 Å². The number of hydrogen-bond donors (Lipinski definition) is 1. The lowest BCUT2D eigenvalue weighted by Crippen LogP contribution is -2.28. The first-order chi connectivity index (χ1) is 12.6. The van der Waals surface area contributed by atoms with E-state index in [0.29, 0.717) is 5.69 Å². The van der Waals surface area contributed by atoms with E-state index in [2.05, 4.69) is 15.4 Å². The SMILES string of the molecule is CC(NC(=O)c1nn(-c2ccc(F)cc2)c2c1CCC2)c1ccncc1. The van der Waals surface area contributed by atoms with Crippen LogP contribution in [0.5, 0.6) is 0 Å². The number of rotatable bonds is 4. The fourth-order valence-electron chi connectivity index (χ4n) is 3.42. The molecule has 1 atom stereocenters. The second kappa shape index (κ2) is 6.71. The summed E-state index contributed by atoms with van der Waals surface area (Å²) in [5.41, 5.74) is 4.25. The summed E-state index contributed by atoms with van der Waals surface area (Å²) in [5.74, 6) is -0.477. The Kier molecular flexibility index (Phi) is 4.24. The molecule has 4 rings (SSSR count). The van der Waals surface area contributed by atoms with Gasteiger partial charge in [0.05, 0.1) is 11.7 Å². The van der Waals surface area contributed by atoms with Crippen LogP contribution in [0.1, 0.15) is 46.7 Å². The molecule has 1 N–H and O–H groups in total. The van der Waals surface area contributed by atoms with E-state index >= 15 is 0 Å². The Morgan fingerprint density at radius 1 is 1.15 bits per heavy atom. The summed E-state index contributed by atoms with van der Waals surface area (Å²) in [6.45, 7) is 1.93. The van der Waals surface area contributed by atoms with Crippen molar-refractivity contribution in [3.8, 4) is 5.69 Å². The molecular weight excluding hydrogens is 331 g/mol. The van der Waals surface area contributed by atoms with E-state index in [1.54, 1.807) is 29.2 Å². The topological polar surface area (TPSA) is 59.8 Å². The highest BCUT2D eigenvalue weighted by atomic mass is 19.1. The first kappa shape index (κ1) is 16.4. The number of halogens is 1. The molecule has 5 nitrogen and oxygen atoms in total. The summed E-state index contributed by atoms with van der Waals surface area (Å²) in [4.78, 5) is 16.8. The van der Waals surface area contributed by atoms with Crippen molar-refractivity contribution in [1.29, 1.82) is 0 Å². The number of amides is 1. The van der Waals surface area contributed by atoms with Gasteiger partial charge in [-0.3, -0.25) is 9.78 Å². The van der Waals surface area contributed by atoms with Crippen molar-refractivity contribution < 1.29 is 9.18 Å². The molecule has 2 aromatic heterocycles. The molecule has 26 heavy (non-hydrogen) atoms. The molecule has 0 spiro atoms. The molecule has 132 valence electrons. The van der Waals surface area contributed by atoms with Gasteiger partial charge in [0, 0.05) is 23.7 Å². The zero-order valence-electron chi connectivity index (χ0n) is 14.4. The lowest BCUT2D eigenvalue weighted by atomic mass is 10.1. The van der Waals surface area contributed by atoms with Crippen molar-refractivity contribution in [2.75, 3.05) is 0 Å². The number of nitrogens with one attached hydrogen (secondary N) is 1. The number of pyridine rings is 1. The normalized spacial score (nSPS) is 14.1. The lowest BCUT2D eigenvalue weighted by Gasteiger charge is -2.13. The summed E-state index contributed by atoms with van der Waals surface area (Å²) < 4.78 is 15.0. The van der Waals surface area contributed by atoms with Crippen molar-refractivity contribution in [3.05, 3.63) is 77.1 Å². The minimum Gasteiger partial charge on any atom is -0.344 e. The molecule has 1 aliphatic carbocycles. The maximum absolute atomic E-state index is 13.2. The van der Waals surface area contributed by atoms with Crippen LogP contribution < -0.4 is 5.32 Å². The third-order valence-electron chi connectivity index (χ3n) is 4.77. The number of carbonyl (C=O) groups is 1. The quantitative estimate of drug-likeness (QED) is 0.785. The van der Waals surface area contributed by atoms with Crippen LogP contribution in [0, 0.1) is 5.82 Å². The number of hydrogen-bond acceptors (Lipinski definition) is 3. The van der Waals surface area contributed by atoms with Gasteiger partial charge in [-0.15, -0.1) is 0 Å². The van der Waals surface area contributed by atoms with Crippen molar-refractivity contribution in [1.82, 2.24) is 20.1 Å². The average Bonchev–Trinajstić information content (AvgIpc) is 3.26. The Morgan fingerprint density at radius 3 is 2.62 bits per heavy atom. The highest BCUT2D eigenvalue weighted by molar-refractivity contribution is 5.94. The van der Waals surface area contributed by atoms with Gasteiger partial charge in [0.2, 0.25) is 0 Å². The van der Waals surface area contributed by atoms with Gasteiger partial charge in [-0.1, -0.05) is 0 Å². The molecule has 2 heterocycles. The van der Waals surface area contributed by atoms with E-state index in [-0.39, 0.29) is 17.8 Å². The molecule has 6 heteroatoms. The summed E-state index contributed by atoms with van der Waals surface area (Å²) in [7, 11) is 0. The van der Waals surface area contributed by atoms with Gasteiger partial charge in [-0.25, -0.2) is 9.07 Å². The van der Waals surface area contributed by atoms with Crippen molar-refractivity contribution in [2.24, 2.45) is 0 Å². The van der Waals surface area contributed by atoms with Crippen LogP contribution in [-0.4, -0.2) is 20.7 Å². The fourth-order valence-corrected chi connectivity index (χ4v) is 3.42. The lowest BCUT2D eigenvalue weighted by molar-refractivity contribution is 0.0933. The Morgan fingerprint density at radius 2 is 1.88 bits per heavy atom. The van der Waals surface area contributed by atoms with Crippen molar-refractivity contribution in [3.63, 3.8) is 0 Å². The van der Waals surface area contributed by atoms with Crippen LogP contribution in [0.15, 0.2) is 48.8 Å². The summed E-state index contributed by atoms with van der Waals surface area (Å²) in [6, 6.07) is 9.80. The zero-order valence-corrected chi connectivity index (χ0v) is 14.4. The molecule has 3 aromatic rings. The zero-order chi connectivity index (χ0) is 18.1. The Balaban J connectivity index is 1.64. The molecule has 0 bridgehead atoms. The summed E-state index contributed by atoms with van der Waals surface area (Å²) >= 11 is 0. The van der Waals surface area contributed by atoms with E-state index in [9.17, 15) is 9.18 Å². The first-order valence-corrected chi connectivity index (χ1v) is 8.71. The van der Waals surface area contributed by atoms with Gasteiger partial charge in [-0.05, 0) is 68.1 Å². The van der Waals surface area contributed by atoms with Crippen LogP contribution >= 0.6 is 0 Å². The summed E-state index contributed by atoms with van der Waals surface area (Å²) in [5, 5.41) is 7.56. The van der Waals surface area contributed by atoms with Crippen molar-refractivity contribution >= 4 is 5.91 Å². The molecule has 0 saturated heterocycles. The van der Waals surface area contributed by atoms with Crippen LogP contribution in [0.4, 0.5) is 4.39 Å². The molecular formula is C20H19FN4O. The highest BCUT2D eigenvalue weighted by Crippen LogP contribution is 2.28. The number of carbonyl (C=O) groups excluding carboxylic acids is 1. The molecule has 0 radical (unpaired) electrons. The molecule has 0 fully saturated rings. The van der Waals surface area contributed by atoms with E-state index in [1.165, 1.54) is 12.1 Å². The maximum Gasteiger partial charge on any atom is 0.272 e. The molecule has 0 aliphatic heterocycles. The van der Waals surface area contributed by atoms with Gasteiger partial charge in [0.25, 0.3) is 5.91 Å². The second-order valence-electron chi connectivity index (χ2n) is 6.49. The third-order valence-corrected chi connectivity index (χ3v) is 4.77. The van der Waals surface area contributed by atoms with Crippen LogP contribution in [0.2, 0.25) is 0 Å². The van der Waals surface area contributed by atoms with Crippen molar-refractivity contribution in [2.45, 2.75) is 32.2 Å². The van der Waals surface area contributed by atoms with Gasteiger partial charge >= 0.3 is 0 Å². The second-order valence-corrected chi connectivity index (χ2v) is 6.49. The predicted octanol–water partition coefficient (Wildman–Crippen LogP) is 3.39. The summed E-state index contributed by atoms with van der Waals surface area (Å²) in [6.07, 6.45) is 6.11. The predicted molar refractivity (Wildman–Crippen MR) is 95.7 cm³/mol. The molecule has 1 unspecified atom stereocenters. The van der Waals surface area contributed by atoms with Crippen LogP contribution in [0.25, 0.3) is 5.69 Å². The molecule has 1 aliphatic rings. The number of fused-ring (bicyclic) bond motifs is 1. The maximum atomic E-state index is 13.2. The molecule has 0 saturated carbocycles. The Labute approximate surface area is 150 Å². The van der Waals surface area contributed by atoms with E-state index < -0.39 is 0 Å². The van der Waals surface area contributed by atoms with Gasteiger partial charge in [0.15, 0.2) is 5.69 Å². The van der Waals surface area contributed by atoms with E-state index in [0.717, 1.165) is 41.8 Å². The Hall–Kier alpha value is -3.02. The monoisotopic (exact) mass is 350 g/mol. The first-order valence-electron chi connectivity index (χ1n) is 8.71. The number of nitrogens with zero attached hydrogens (tertiary/aromatic N) is 3. The largest absolute Gasteiger partial charge is 0.344 e. The molecule has 1 aromatic carbocycles. The Bertz CT molecular complexity index is 934. The average molecular weight is 350 g/mol. The van der Waals surface area contributed by atoms with Gasteiger partial charge < -0.3 is 5.32 Å².